The van der Waals surface area contributed by atoms with Crippen LogP contribution < -0.4 is 10.6 Å². The van der Waals surface area contributed by atoms with Crippen LogP contribution in [0.3, 0.4) is 0 Å². The number of nitrogens with zero attached hydrogens (tertiary/aromatic N) is 2. The van der Waals surface area contributed by atoms with E-state index >= 15 is 0 Å². The van der Waals surface area contributed by atoms with E-state index in [1.54, 1.807) is 12.1 Å². The lowest BCUT2D eigenvalue weighted by Crippen LogP contribution is -2.48. The maximum absolute atomic E-state index is 12.8. The summed E-state index contributed by atoms with van der Waals surface area (Å²) in [6.07, 6.45) is 5.17. The topological polar surface area (TPSA) is 94.9 Å². The van der Waals surface area contributed by atoms with Crippen LogP contribution in [-0.2, 0) is 4.79 Å². The number of amides is 4. The van der Waals surface area contributed by atoms with Crippen LogP contribution in [0.4, 0.5) is 4.79 Å². The zero-order valence-electron chi connectivity index (χ0n) is 18.7. The summed E-state index contributed by atoms with van der Waals surface area (Å²) in [4.78, 5) is 41.1. The first kappa shape index (κ1) is 21.6. The molecule has 8 nitrogen and oxygen atoms in total. The van der Waals surface area contributed by atoms with E-state index in [1.807, 2.05) is 28.0 Å². The molecule has 3 aliphatic rings. The van der Waals surface area contributed by atoms with Crippen molar-refractivity contribution >= 4 is 17.8 Å². The first-order chi connectivity index (χ1) is 16.0. The molecule has 2 N–H and O–H groups in total. The highest BCUT2D eigenvalue weighted by Gasteiger charge is 2.45. The Bertz CT molecular complexity index is 999. The van der Waals surface area contributed by atoms with Gasteiger partial charge in [0, 0.05) is 38.1 Å². The SMILES string of the molecule is O=C(NCC(=O)N1CCC2(CC1)CCN(C(=O)NC1CC1c1ccccc1)C2)c1ccco1. The summed E-state index contributed by atoms with van der Waals surface area (Å²) in [6, 6.07) is 13.8. The van der Waals surface area contributed by atoms with Crippen molar-refractivity contribution in [1.29, 1.82) is 0 Å². The smallest absolute Gasteiger partial charge is 0.317 e. The summed E-state index contributed by atoms with van der Waals surface area (Å²) in [5, 5.41) is 5.83. The van der Waals surface area contributed by atoms with Gasteiger partial charge < -0.3 is 24.9 Å². The minimum atomic E-state index is -0.385. The molecule has 2 atom stereocenters. The zero-order valence-corrected chi connectivity index (χ0v) is 18.7. The van der Waals surface area contributed by atoms with Gasteiger partial charge in [0.25, 0.3) is 5.91 Å². The predicted octanol–water partition coefficient (Wildman–Crippen LogP) is 2.59. The highest BCUT2D eigenvalue weighted by atomic mass is 16.3. The molecule has 3 heterocycles. The lowest BCUT2D eigenvalue weighted by molar-refractivity contribution is -0.132. The average Bonchev–Trinajstić information content (AvgIpc) is 3.22. The first-order valence-corrected chi connectivity index (χ1v) is 11.7. The minimum absolute atomic E-state index is 0.0365. The highest BCUT2D eigenvalue weighted by molar-refractivity contribution is 5.94. The van der Waals surface area contributed by atoms with Gasteiger partial charge in [0.15, 0.2) is 5.76 Å². The number of benzene rings is 1. The third-order valence-electron chi connectivity index (χ3n) is 7.37. The minimum Gasteiger partial charge on any atom is -0.459 e. The van der Waals surface area contributed by atoms with Gasteiger partial charge in [-0.05, 0) is 48.8 Å². The van der Waals surface area contributed by atoms with Crippen molar-refractivity contribution in [2.45, 2.75) is 37.6 Å². The number of carbonyl (C=O) groups is 3. The van der Waals surface area contributed by atoms with Gasteiger partial charge in [0.2, 0.25) is 5.91 Å². The maximum atomic E-state index is 12.8. The fourth-order valence-electron chi connectivity index (χ4n) is 5.18. The summed E-state index contributed by atoms with van der Waals surface area (Å²) in [7, 11) is 0. The molecule has 2 saturated heterocycles. The van der Waals surface area contributed by atoms with Crippen LogP contribution in [0.5, 0.6) is 0 Å². The number of hydrogen-bond donors (Lipinski definition) is 2. The van der Waals surface area contributed by atoms with Crippen LogP contribution in [0.2, 0.25) is 0 Å². The Balaban J connectivity index is 1.05. The van der Waals surface area contributed by atoms with E-state index in [0.717, 1.165) is 38.8 Å². The molecule has 2 aromatic rings. The molecule has 174 valence electrons. The Morgan fingerprint density at radius 2 is 1.70 bits per heavy atom. The Morgan fingerprint density at radius 3 is 2.39 bits per heavy atom. The second-order valence-electron chi connectivity index (χ2n) is 9.52. The molecule has 0 radical (unpaired) electrons. The molecule has 1 aromatic heterocycles. The number of rotatable bonds is 5. The molecular formula is C25H30N4O4. The fraction of sp³-hybridized carbons (Fsp3) is 0.480. The number of likely N-dealkylation sites (tertiary alicyclic amines) is 2. The molecule has 1 saturated carbocycles. The highest BCUT2D eigenvalue weighted by Crippen LogP contribution is 2.42. The van der Waals surface area contributed by atoms with Crippen molar-refractivity contribution in [2.75, 3.05) is 32.7 Å². The maximum Gasteiger partial charge on any atom is 0.317 e. The van der Waals surface area contributed by atoms with Crippen LogP contribution in [0.25, 0.3) is 0 Å². The normalized spacial score (nSPS) is 23.4. The molecule has 4 amide bonds. The summed E-state index contributed by atoms with van der Waals surface area (Å²) in [6.45, 7) is 2.79. The number of furan rings is 1. The van der Waals surface area contributed by atoms with Gasteiger partial charge in [-0.15, -0.1) is 0 Å². The molecule has 1 spiro atoms. The van der Waals surface area contributed by atoms with Crippen LogP contribution in [-0.4, -0.2) is 66.4 Å². The van der Waals surface area contributed by atoms with Crippen molar-refractivity contribution in [3.8, 4) is 0 Å². The molecule has 2 unspecified atom stereocenters. The van der Waals surface area contributed by atoms with Crippen molar-refractivity contribution in [3.63, 3.8) is 0 Å². The standard InChI is InChI=1S/C25H30N4O4/c30-22(16-26-23(31)21-7-4-14-33-21)28-11-8-25(9-12-28)10-13-29(17-25)24(32)27-20-15-19(20)18-5-2-1-3-6-18/h1-7,14,19-20H,8-13,15-17H2,(H,26,31)(H,27,32). The van der Waals surface area contributed by atoms with Crippen molar-refractivity contribution in [2.24, 2.45) is 5.41 Å². The first-order valence-electron chi connectivity index (χ1n) is 11.7. The Kier molecular flexibility index (Phi) is 5.83. The Hall–Kier alpha value is -3.29. The van der Waals surface area contributed by atoms with E-state index in [-0.39, 0.29) is 41.6 Å². The van der Waals surface area contributed by atoms with Gasteiger partial charge in [-0.2, -0.15) is 0 Å². The van der Waals surface area contributed by atoms with Gasteiger partial charge >= 0.3 is 6.03 Å². The van der Waals surface area contributed by atoms with E-state index in [9.17, 15) is 14.4 Å². The van der Waals surface area contributed by atoms with E-state index in [4.69, 9.17) is 4.42 Å². The van der Waals surface area contributed by atoms with Crippen LogP contribution in [0.15, 0.2) is 53.1 Å². The number of carbonyl (C=O) groups excluding carboxylic acids is 3. The fourth-order valence-corrected chi connectivity index (χ4v) is 5.18. The Labute approximate surface area is 193 Å². The van der Waals surface area contributed by atoms with E-state index in [2.05, 4.69) is 22.8 Å². The molecule has 8 heteroatoms. The third-order valence-corrected chi connectivity index (χ3v) is 7.37. The van der Waals surface area contributed by atoms with Gasteiger partial charge in [-0.25, -0.2) is 4.79 Å². The van der Waals surface area contributed by atoms with Gasteiger partial charge in [0.1, 0.15) is 0 Å². The Morgan fingerprint density at radius 1 is 0.970 bits per heavy atom. The van der Waals surface area contributed by atoms with E-state index in [1.165, 1.54) is 11.8 Å². The predicted molar refractivity (Wildman–Crippen MR) is 122 cm³/mol. The van der Waals surface area contributed by atoms with E-state index in [0.29, 0.717) is 19.0 Å². The number of piperidine rings is 1. The molecule has 1 aliphatic carbocycles. The average molecular weight is 451 g/mol. The second kappa shape index (κ2) is 8.92. The van der Waals surface area contributed by atoms with Crippen LogP contribution in [0.1, 0.15) is 47.7 Å². The van der Waals surface area contributed by atoms with Gasteiger partial charge in [-0.1, -0.05) is 30.3 Å². The third kappa shape index (κ3) is 4.74. The van der Waals surface area contributed by atoms with Crippen LogP contribution >= 0.6 is 0 Å². The largest absolute Gasteiger partial charge is 0.459 e. The number of hydrogen-bond acceptors (Lipinski definition) is 4. The van der Waals surface area contributed by atoms with Gasteiger partial charge in [-0.3, -0.25) is 9.59 Å². The van der Waals surface area contributed by atoms with Crippen LogP contribution in [0, 0.1) is 5.41 Å². The number of urea groups is 1. The molecular weight excluding hydrogens is 420 g/mol. The molecule has 3 fully saturated rings. The summed E-state index contributed by atoms with van der Waals surface area (Å²) in [5.41, 5.74) is 1.38. The zero-order chi connectivity index (χ0) is 22.8. The number of nitrogens with one attached hydrogen (secondary N) is 2. The van der Waals surface area contributed by atoms with E-state index < -0.39 is 0 Å². The van der Waals surface area contributed by atoms with Crippen molar-refractivity contribution < 1.29 is 18.8 Å². The van der Waals surface area contributed by atoms with Crippen molar-refractivity contribution in [3.05, 3.63) is 60.1 Å². The molecule has 1 aromatic carbocycles. The molecule has 0 bridgehead atoms. The van der Waals surface area contributed by atoms with Crippen molar-refractivity contribution in [1.82, 2.24) is 20.4 Å². The quantitative estimate of drug-likeness (QED) is 0.732. The monoisotopic (exact) mass is 450 g/mol. The summed E-state index contributed by atoms with van der Waals surface area (Å²) < 4.78 is 5.05. The lowest BCUT2D eigenvalue weighted by atomic mass is 9.78. The summed E-state index contributed by atoms with van der Waals surface area (Å²) >= 11 is 0. The summed E-state index contributed by atoms with van der Waals surface area (Å²) in [5.74, 6) is 0.155. The second-order valence-corrected chi connectivity index (χ2v) is 9.52. The lowest BCUT2D eigenvalue weighted by Gasteiger charge is -2.39. The molecule has 2 aliphatic heterocycles. The molecule has 33 heavy (non-hydrogen) atoms. The van der Waals surface area contributed by atoms with Gasteiger partial charge in [0.05, 0.1) is 12.8 Å². The molecule has 5 rings (SSSR count).